The molecule has 0 aromatic rings. The van der Waals surface area contributed by atoms with E-state index in [0.29, 0.717) is 0 Å². The summed E-state index contributed by atoms with van der Waals surface area (Å²) in [6, 6.07) is 0. The Kier molecular flexibility index (Phi) is 8.09. The highest BCUT2D eigenvalue weighted by Gasteiger charge is 1.90. The maximum absolute atomic E-state index is 10.1. The molecule has 0 bridgehead atoms. The summed E-state index contributed by atoms with van der Waals surface area (Å²) in [5, 5.41) is 0. The maximum Gasteiger partial charge on any atom is 0.142 e. The van der Waals surface area contributed by atoms with Crippen molar-refractivity contribution in [2.24, 2.45) is 0 Å². The predicted molar refractivity (Wildman–Crippen MR) is 53.2 cm³/mol. The van der Waals surface area contributed by atoms with Crippen molar-refractivity contribution in [2.75, 3.05) is 0 Å². The van der Waals surface area contributed by atoms with Crippen LogP contribution in [0.5, 0.6) is 0 Å². The normalized spacial score (nSPS) is 11.7. The Morgan fingerprint density at radius 3 is 2.42 bits per heavy atom. The van der Waals surface area contributed by atoms with Gasteiger partial charge in [0, 0.05) is 0 Å². The fourth-order valence-electron chi connectivity index (χ4n) is 1.21. The van der Waals surface area contributed by atoms with Crippen LogP contribution in [-0.2, 0) is 4.79 Å². The van der Waals surface area contributed by atoms with Gasteiger partial charge in [0.05, 0.1) is 0 Å². The monoisotopic (exact) mass is 168 g/mol. The van der Waals surface area contributed by atoms with E-state index in [9.17, 15) is 4.79 Å². The minimum atomic E-state index is 0.876. The molecule has 12 heavy (non-hydrogen) atoms. The summed E-state index contributed by atoms with van der Waals surface area (Å²) in [5.41, 5.74) is 1.21. The first-order valence-corrected chi connectivity index (χ1v) is 4.92. The van der Waals surface area contributed by atoms with E-state index in [1.54, 1.807) is 6.08 Å². The number of carbonyl (C=O) groups is 1. The molecule has 0 spiro atoms. The van der Waals surface area contributed by atoms with Crippen molar-refractivity contribution >= 4 is 6.29 Å². The molecule has 0 saturated heterocycles. The molecule has 0 unspecified atom stereocenters. The van der Waals surface area contributed by atoms with Gasteiger partial charge >= 0.3 is 0 Å². The number of rotatable bonds is 7. The molecule has 0 aliphatic carbocycles. The fourth-order valence-corrected chi connectivity index (χ4v) is 1.21. The lowest BCUT2D eigenvalue weighted by molar-refractivity contribution is -0.104. The van der Waals surface area contributed by atoms with Gasteiger partial charge in [0.1, 0.15) is 6.29 Å². The van der Waals surface area contributed by atoms with Gasteiger partial charge in [-0.2, -0.15) is 0 Å². The average molecular weight is 168 g/mol. The van der Waals surface area contributed by atoms with Gasteiger partial charge in [-0.05, 0) is 25.8 Å². The molecule has 0 aliphatic heterocycles. The predicted octanol–water partition coefficient (Wildman–Crippen LogP) is 3.49. The lowest BCUT2D eigenvalue weighted by Gasteiger charge is -1.99. The fraction of sp³-hybridized carbons (Fsp3) is 0.727. The molecule has 0 N–H and O–H groups in total. The van der Waals surface area contributed by atoms with Crippen molar-refractivity contribution in [2.45, 2.75) is 52.4 Å². The Labute approximate surface area is 75.9 Å². The highest BCUT2D eigenvalue weighted by molar-refractivity contribution is 5.65. The Balaban J connectivity index is 3.19. The zero-order chi connectivity index (χ0) is 9.23. The Hall–Kier alpha value is -0.590. The number of unbranched alkanes of at least 4 members (excludes halogenated alkanes) is 4. The van der Waals surface area contributed by atoms with Crippen molar-refractivity contribution in [3.05, 3.63) is 11.6 Å². The van der Waals surface area contributed by atoms with Crippen molar-refractivity contribution in [3.8, 4) is 0 Å². The molecule has 0 amide bonds. The molecule has 0 aromatic carbocycles. The lowest BCUT2D eigenvalue weighted by atomic mass is 10.1. The second kappa shape index (κ2) is 8.51. The SMILES string of the molecule is CCCCCCCC(C)=CC=O. The Morgan fingerprint density at radius 2 is 1.83 bits per heavy atom. The summed E-state index contributed by atoms with van der Waals surface area (Å²) in [5.74, 6) is 0. The molecule has 0 saturated carbocycles. The summed E-state index contributed by atoms with van der Waals surface area (Å²) in [4.78, 5) is 10.1. The molecule has 1 heteroatoms. The maximum atomic E-state index is 10.1. The van der Waals surface area contributed by atoms with E-state index in [-0.39, 0.29) is 0 Å². The van der Waals surface area contributed by atoms with Crippen molar-refractivity contribution in [1.82, 2.24) is 0 Å². The van der Waals surface area contributed by atoms with Crippen molar-refractivity contribution in [3.63, 3.8) is 0 Å². The minimum absolute atomic E-state index is 0.876. The van der Waals surface area contributed by atoms with Crippen LogP contribution in [0.2, 0.25) is 0 Å². The molecule has 0 aromatic heterocycles. The molecular weight excluding hydrogens is 148 g/mol. The van der Waals surface area contributed by atoms with Crippen LogP contribution < -0.4 is 0 Å². The summed E-state index contributed by atoms with van der Waals surface area (Å²) in [7, 11) is 0. The molecule has 0 fully saturated rings. The third-order valence-electron chi connectivity index (χ3n) is 2.03. The molecule has 1 nitrogen and oxygen atoms in total. The number of hydrogen-bond acceptors (Lipinski definition) is 1. The van der Waals surface area contributed by atoms with Crippen LogP contribution in [0.25, 0.3) is 0 Å². The van der Waals surface area contributed by atoms with Crippen LogP contribution in [0.15, 0.2) is 11.6 Å². The van der Waals surface area contributed by atoms with E-state index >= 15 is 0 Å². The third-order valence-corrected chi connectivity index (χ3v) is 2.03. The average Bonchev–Trinajstić information content (AvgIpc) is 2.05. The van der Waals surface area contributed by atoms with Crippen LogP contribution >= 0.6 is 0 Å². The lowest BCUT2D eigenvalue weighted by Crippen LogP contribution is -1.81. The second-order valence-corrected chi connectivity index (χ2v) is 3.31. The largest absolute Gasteiger partial charge is 0.299 e. The van der Waals surface area contributed by atoms with Gasteiger partial charge in [-0.1, -0.05) is 38.2 Å². The van der Waals surface area contributed by atoms with E-state index in [2.05, 4.69) is 6.92 Å². The van der Waals surface area contributed by atoms with Gasteiger partial charge in [-0.3, -0.25) is 4.79 Å². The van der Waals surface area contributed by atoms with Crippen LogP contribution in [0.1, 0.15) is 52.4 Å². The van der Waals surface area contributed by atoms with E-state index < -0.39 is 0 Å². The first-order valence-electron chi connectivity index (χ1n) is 4.92. The number of allylic oxidation sites excluding steroid dienone is 2. The number of aldehydes is 1. The van der Waals surface area contributed by atoms with Crippen LogP contribution in [0.4, 0.5) is 0 Å². The quantitative estimate of drug-likeness (QED) is 0.323. The van der Waals surface area contributed by atoms with Gasteiger partial charge in [0.2, 0.25) is 0 Å². The minimum Gasteiger partial charge on any atom is -0.299 e. The summed E-state index contributed by atoms with van der Waals surface area (Å²) >= 11 is 0. The first-order chi connectivity index (χ1) is 5.81. The molecule has 0 atom stereocenters. The molecule has 70 valence electrons. The Bertz CT molecular complexity index is 136. The molecule has 0 heterocycles. The van der Waals surface area contributed by atoms with Crippen LogP contribution in [-0.4, -0.2) is 6.29 Å². The smallest absolute Gasteiger partial charge is 0.142 e. The highest BCUT2D eigenvalue weighted by atomic mass is 16.1. The van der Waals surface area contributed by atoms with Crippen molar-refractivity contribution in [1.29, 1.82) is 0 Å². The van der Waals surface area contributed by atoms with E-state index in [1.807, 2.05) is 6.92 Å². The van der Waals surface area contributed by atoms with Crippen LogP contribution in [0, 0.1) is 0 Å². The molecular formula is C11H20O. The van der Waals surface area contributed by atoms with E-state index in [0.717, 1.165) is 12.7 Å². The standard InChI is InChI=1S/C11H20O/c1-3-4-5-6-7-8-11(2)9-10-12/h9-10H,3-8H2,1-2H3. The van der Waals surface area contributed by atoms with Gasteiger partial charge in [-0.15, -0.1) is 0 Å². The summed E-state index contributed by atoms with van der Waals surface area (Å²) in [6.07, 6.45) is 10.1. The number of hydrogen-bond donors (Lipinski definition) is 0. The Morgan fingerprint density at radius 1 is 1.17 bits per heavy atom. The molecule has 0 radical (unpaired) electrons. The third kappa shape index (κ3) is 7.52. The van der Waals surface area contributed by atoms with Crippen LogP contribution in [0.3, 0.4) is 0 Å². The molecule has 0 rings (SSSR count). The summed E-state index contributed by atoms with van der Waals surface area (Å²) in [6.45, 7) is 4.24. The number of carbonyl (C=O) groups excluding carboxylic acids is 1. The highest BCUT2D eigenvalue weighted by Crippen LogP contribution is 2.09. The van der Waals surface area contributed by atoms with Gasteiger partial charge in [0.25, 0.3) is 0 Å². The summed E-state index contributed by atoms with van der Waals surface area (Å²) < 4.78 is 0. The zero-order valence-electron chi connectivity index (χ0n) is 8.31. The second-order valence-electron chi connectivity index (χ2n) is 3.31. The van der Waals surface area contributed by atoms with Gasteiger partial charge in [-0.25, -0.2) is 0 Å². The van der Waals surface area contributed by atoms with Gasteiger partial charge in [0.15, 0.2) is 0 Å². The zero-order valence-corrected chi connectivity index (χ0v) is 8.31. The van der Waals surface area contributed by atoms with Crippen molar-refractivity contribution < 1.29 is 4.79 Å². The molecule has 0 aliphatic rings. The topological polar surface area (TPSA) is 17.1 Å². The first kappa shape index (κ1) is 11.4. The van der Waals surface area contributed by atoms with E-state index in [4.69, 9.17) is 0 Å². The van der Waals surface area contributed by atoms with E-state index in [1.165, 1.54) is 37.7 Å². The van der Waals surface area contributed by atoms with Gasteiger partial charge < -0.3 is 0 Å².